The summed E-state index contributed by atoms with van der Waals surface area (Å²) < 4.78 is 5.12. The number of carbonyl (C=O) groups excluding carboxylic acids is 3. The zero-order valence-corrected chi connectivity index (χ0v) is 17.3. The highest BCUT2D eigenvalue weighted by Gasteiger charge is 2.17. The molecule has 29 heavy (non-hydrogen) atoms. The first-order valence-corrected chi connectivity index (χ1v) is 10.6. The Kier molecular flexibility index (Phi) is 6.93. The second kappa shape index (κ2) is 9.60. The third-order valence-corrected chi connectivity index (χ3v) is 5.86. The van der Waals surface area contributed by atoms with Crippen LogP contribution in [-0.2, 0) is 14.3 Å². The van der Waals surface area contributed by atoms with E-state index in [9.17, 15) is 14.4 Å². The Labute approximate surface area is 174 Å². The molecule has 1 atom stereocenters. The number of hydrogen-bond acceptors (Lipinski definition) is 5. The molecule has 6 nitrogen and oxygen atoms in total. The van der Waals surface area contributed by atoms with Gasteiger partial charge in [0.05, 0.1) is 11.3 Å². The van der Waals surface area contributed by atoms with E-state index < -0.39 is 11.9 Å². The van der Waals surface area contributed by atoms with Crippen molar-refractivity contribution in [1.29, 1.82) is 0 Å². The molecule has 2 aromatic rings. The number of nitrogens with one attached hydrogen (secondary N) is 2. The minimum atomic E-state index is -0.612. The summed E-state index contributed by atoms with van der Waals surface area (Å²) in [6.07, 6.45) is 1.48. The highest BCUT2D eigenvalue weighted by molar-refractivity contribution is 7.99. The number of carbonyl (C=O) groups is 3. The van der Waals surface area contributed by atoms with Gasteiger partial charge in [-0.05, 0) is 48.2 Å². The van der Waals surface area contributed by atoms with Gasteiger partial charge in [-0.1, -0.05) is 26.0 Å². The fourth-order valence-electron chi connectivity index (χ4n) is 2.89. The molecule has 1 aliphatic rings. The highest BCUT2D eigenvalue weighted by Crippen LogP contribution is 2.31. The van der Waals surface area contributed by atoms with Crippen LogP contribution in [0.25, 0.3) is 0 Å². The molecule has 2 N–H and O–H groups in total. The van der Waals surface area contributed by atoms with Crippen molar-refractivity contribution in [3.63, 3.8) is 0 Å². The largest absolute Gasteiger partial charge is 0.452 e. The number of ether oxygens (including phenoxy) is 1. The molecule has 0 aromatic heterocycles. The molecule has 0 radical (unpaired) electrons. The predicted octanol–water partition coefficient (Wildman–Crippen LogP) is 4.43. The van der Waals surface area contributed by atoms with Crippen LogP contribution in [-0.4, -0.2) is 30.1 Å². The fourth-order valence-corrected chi connectivity index (χ4v) is 3.83. The Balaban J connectivity index is 1.55. The number of fused-ring (bicyclic) bond motifs is 1. The maximum atomic E-state index is 12.3. The Morgan fingerprint density at radius 2 is 1.97 bits per heavy atom. The van der Waals surface area contributed by atoms with Gasteiger partial charge in [0.15, 0.2) is 6.61 Å². The molecule has 1 heterocycles. The maximum absolute atomic E-state index is 12.3. The average Bonchev–Trinajstić information content (AvgIpc) is 2.91. The summed E-state index contributed by atoms with van der Waals surface area (Å²) in [5.74, 6) is 0.0540. The third kappa shape index (κ3) is 5.60. The van der Waals surface area contributed by atoms with Crippen LogP contribution >= 0.6 is 11.8 Å². The van der Waals surface area contributed by atoms with Crippen LogP contribution in [0.2, 0.25) is 0 Å². The lowest BCUT2D eigenvalue weighted by molar-refractivity contribution is -0.119. The van der Waals surface area contributed by atoms with E-state index in [4.69, 9.17) is 4.74 Å². The van der Waals surface area contributed by atoms with Gasteiger partial charge in [0, 0.05) is 22.8 Å². The number of anilines is 2. The molecule has 0 bridgehead atoms. The van der Waals surface area contributed by atoms with Crippen molar-refractivity contribution in [2.75, 3.05) is 23.0 Å². The van der Waals surface area contributed by atoms with E-state index in [0.29, 0.717) is 29.5 Å². The van der Waals surface area contributed by atoms with Crippen molar-refractivity contribution in [1.82, 2.24) is 0 Å². The minimum absolute atomic E-state index is 0.0829. The minimum Gasteiger partial charge on any atom is -0.452 e. The zero-order chi connectivity index (χ0) is 20.8. The Bertz CT molecular complexity index is 912. The fraction of sp³-hybridized carbons (Fsp3) is 0.318. The molecular weight excluding hydrogens is 388 g/mol. The molecule has 0 saturated heterocycles. The van der Waals surface area contributed by atoms with Crippen LogP contribution in [0.3, 0.4) is 0 Å². The summed E-state index contributed by atoms with van der Waals surface area (Å²) in [4.78, 5) is 37.0. The molecule has 0 fully saturated rings. The summed E-state index contributed by atoms with van der Waals surface area (Å²) in [5, 5.41) is 5.51. The first-order valence-electron chi connectivity index (χ1n) is 9.60. The number of esters is 1. The molecule has 152 valence electrons. The molecule has 2 aromatic carbocycles. The van der Waals surface area contributed by atoms with Crippen LogP contribution in [0, 0.1) is 0 Å². The van der Waals surface area contributed by atoms with Gasteiger partial charge in [0.1, 0.15) is 0 Å². The quantitative estimate of drug-likeness (QED) is 0.686. The summed E-state index contributed by atoms with van der Waals surface area (Å²) in [5.41, 5.74) is 2.75. The van der Waals surface area contributed by atoms with E-state index in [1.807, 2.05) is 24.3 Å². The number of hydrogen-bond donors (Lipinski definition) is 2. The summed E-state index contributed by atoms with van der Waals surface area (Å²) in [6, 6.07) is 12.6. The number of benzene rings is 2. The van der Waals surface area contributed by atoms with Crippen LogP contribution in [0.1, 0.15) is 48.5 Å². The SMILES string of the molecule is CC[C@H](C)c1ccc(NC(=O)COC(=O)c2ccc3c(c2)NC(=O)CCS3)cc1. The molecule has 0 saturated carbocycles. The van der Waals surface area contributed by atoms with Gasteiger partial charge in [-0.15, -0.1) is 11.8 Å². The summed E-state index contributed by atoms with van der Waals surface area (Å²) in [7, 11) is 0. The first-order chi connectivity index (χ1) is 14.0. The third-order valence-electron chi connectivity index (χ3n) is 4.79. The predicted molar refractivity (Wildman–Crippen MR) is 114 cm³/mol. The van der Waals surface area contributed by atoms with Crippen LogP contribution < -0.4 is 10.6 Å². The van der Waals surface area contributed by atoms with Gasteiger partial charge < -0.3 is 15.4 Å². The topological polar surface area (TPSA) is 84.5 Å². The van der Waals surface area contributed by atoms with E-state index in [2.05, 4.69) is 24.5 Å². The molecule has 0 spiro atoms. The lowest BCUT2D eigenvalue weighted by Crippen LogP contribution is -2.21. The van der Waals surface area contributed by atoms with Gasteiger partial charge in [-0.2, -0.15) is 0 Å². The molecule has 7 heteroatoms. The van der Waals surface area contributed by atoms with Crippen LogP contribution in [0.5, 0.6) is 0 Å². The standard InChI is InChI=1S/C22H24N2O4S/c1-3-14(2)15-4-7-17(8-5-15)23-21(26)13-28-22(27)16-6-9-19-18(12-16)24-20(25)10-11-29-19/h4-9,12,14H,3,10-11,13H2,1-2H3,(H,23,26)(H,24,25)/t14-/m0/s1. The number of thioether (sulfide) groups is 1. The van der Waals surface area contributed by atoms with Crippen LogP contribution in [0.15, 0.2) is 47.4 Å². The summed E-state index contributed by atoms with van der Waals surface area (Å²) in [6.45, 7) is 3.90. The van der Waals surface area contributed by atoms with Crippen molar-refractivity contribution in [2.45, 2.75) is 37.5 Å². The Morgan fingerprint density at radius 3 is 2.69 bits per heavy atom. The van der Waals surface area contributed by atoms with E-state index in [0.717, 1.165) is 11.3 Å². The smallest absolute Gasteiger partial charge is 0.338 e. The van der Waals surface area contributed by atoms with Crippen molar-refractivity contribution >= 4 is 40.9 Å². The van der Waals surface area contributed by atoms with E-state index in [-0.39, 0.29) is 18.1 Å². The molecule has 3 rings (SSSR count). The van der Waals surface area contributed by atoms with E-state index in [1.54, 1.807) is 30.0 Å². The molecule has 0 unspecified atom stereocenters. The van der Waals surface area contributed by atoms with Gasteiger partial charge in [-0.25, -0.2) is 4.79 Å². The lowest BCUT2D eigenvalue weighted by Gasteiger charge is -2.11. The maximum Gasteiger partial charge on any atom is 0.338 e. The van der Waals surface area contributed by atoms with Crippen molar-refractivity contribution in [3.8, 4) is 0 Å². The number of rotatable bonds is 6. The van der Waals surface area contributed by atoms with Gasteiger partial charge in [0.2, 0.25) is 5.91 Å². The van der Waals surface area contributed by atoms with Gasteiger partial charge in [-0.3, -0.25) is 9.59 Å². The van der Waals surface area contributed by atoms with Gasteiger partial charge >= 0.3 is 5.97 Å². The van der Waals surface area contributed by atoms with E-state index >= 15 is 0 Å². The lowest BCUT2D eigenvalue weighted by atomic mass is 9.99. The first kappa shape index (κ1) is 20.9. The van der Waals surface area contributed by atoms with Crippen LogP contribution in [0.4, 0.5) is 11.4 Å². The van der Waals surface area contributed by atoms with Gasteiger partial charge in [0.25, 0.3) is 5.91 Å². The monoisotopic (exact) mass is 412 g/mol. The molecule has 1 aliphatic heterocycles. The average molecular weight is 413 g/mol. The van der Waals surface area contributed by atoms with Crippen molar-refractivity contribution in [2.24, 2.45) is 0 Å². The number of amides is 2. The Morgan fingerprint density at radius 1 is 1.21 bits per heavy atom. The molecular formula is C22H24N2O4S. The van der Waals surface area contributed by atoms with E-state index in [1.165, 1.54) is 5.56 Å². The molecule has 2 amide bonds. The zero-order valence-electron chi connectivity index (χ0n) is 16.5. The van der Waals surface area contributed by atoms with Crippen molar-refractivity contribution < 1.29 is 19.1 Å². The van der Waals surface area contributed by atoms with Crippen molar-refractivity contribution in [3.05, 3.63) is 53.6 Å². The second-order valence-electron chi connectivity index (χ2n) is 6.91. The summed E-state index contributed by atoms with van der Waals surface area (Å²) >= 11 is 1.56. The second-order valence-corrected chi connectivity index (χ2v) is 8.05. The highest BCUT2D eigenvalue weighted by atomic mass is 32.2. The Hall–Kier alpha value is -2.80. The molecule has 0 aliphatic carbocycles. The normalized spacial score (nSPS) is 14.2.